The first kappa shape index (κ1) is 14.7. The van der Waals surface area contributed by atoms with E-state index in [-0.39, 0.29) is 18.1 Å². The van der Waals surface area contributed by atoms with Gasteiger partial charge >= 0.3 is 6.18 Å². The van der Waals surface area contributed by atoms with Gasteiger partial charge in [0.15, 0.2) is 9.84 Å². The molecule has 0 bridgehead atoms. The summed E-state index contributed by atoms with van der Waals surface area (Å²) in [5.41, 5.74) is 0. The topological polar surface area (TPSA) is 46.2 Å². The van der Waals surface area contributed by atoms with E-state index in [0.717, 1.165) is 0 Å². The maximum absolute atomic E-state index is 11.9. The van der Waals surface area contributed by atoms with Gasteiger partial charge in [-0.05, 0) is 6.92 Å². The van der Waals surface area contributed by atoms with Crippen molar-refractivity contribution in [1.29, 1.82) is 0 Å². The zero-order valence-electron chi connectivity index (χ0n) is 8.76. The summed E-state index contributed by atoms with van der Waals surface area (Å²) in [5, 5.41) is 2.53. The average Bonchev–Trinajstić information content (AvgIpc) is 2.00. The molecule has 0 aliphatic carbocycles. The van der Waals surface area contributed by atoms with Crippen molar-refractivity contribution >= 4 is 9.84 Å². The highest BCUT2D eigenvalue weighted by atomic mass is 32.2. The van der Waals surface area contributed by atoms with Crippen LogP contribution in [-0.2, 0) is 9.84 Å². The first-order chi connectivity index (χ1) is 6.66. The second kappa shape index (κ2) is 5.69. The molecule has 0 aliphatic heterocycles. The lowest BCUT2D eigenvalue weighted by Crippen LogP contribution is -2.34. The van der Waals surface area contributed by atoms with Crippen LogP contribution in [0, 0.1) is 0 Å². The van der Waals surface area contributed by atoms with Crippen molar-refractivity contribution in [2.45, 2.75) is 32.5 Å². The van der Waals surface area contributed by atoms with Crippen LogP contribution in [0.3, 0.4) is 0 Å². The molecule has 0 aliphatic rings. The van der Waals surface area contributed by atoms with E-state index in [1.807, 2.05) is 0 Å². The van der Waals surface area contributed by atoms with Crippen molar-refractivity contribution in [3.63, 3.8) is 0 Å². The molecule has 0 aromatic heterocycles. The zero-order chi connectivity index (χ0) is 12.1. The smallest absolute Gasteiger partial charge is 0.313 e. The molecule has 0 heterocycles. The molecule has 0 amide bonds. The first-order valence-electron chi connectivity index (χ1n) is 4.67. The monoisotopic (exact) mass is 247 g/mol. The van der Waals surface area contributed by atoms with Crippen LogP contribution >= 0.6 is 0 Å². The van der Waals surface area contributed by atoms with Crippen LogP contribution < -0.4 is 5.32 Å². The minimum Gasteiger partial charge on any atom is -0.313 e. The Morgan fingerprint density at radius 1 is 1.33 bits per heavy atom. The highest BCUT2D eigenvalue weighted by Crippen LogP contribution is 2.21. The van der Waals surface area contributed by atoms with Gasteiger partial charge < -0.3 is 5.32 Å². The second-order valence-corrected chi connectivity index (χ2v) is 5.88. The number of hydrogen-bond donors (Lipinski definition) is 1. The summed E-state index contributed by atoms with van der Waals surface area (Å²) in [5.74, 6) is -0.103. The predicted octanol–water partition coefficient (Wildman–Crippen LogP) is 1.35. The molecule has 0 spiro atoms. The van der Waals surface area contributed by atoms with Gasteiger partial charge in [0.1, 0.15) is 0 Å². The molecule has 1 atom stereocenters. The average molecular weight is 247 g/mol. The summed E-state index contributed by atoms with van der Waals surface area (Å²) in [7, 11) is -3.10. The Balaban J connectivity index is 3.79. The molecule has 1 N–H and O–H groups in total. The van der Waals surface area contributed by atoms with Crippen LogP contribution in [0.4, 0.5) is 13.2 Å². The molecule has 3 nitrogen and oxygen atoms in total. The molecule has 0 radical (unpaired) electrons. The van der Waals surface area contributed by atoms with Gasteiger partial charge in [-0.3, -0.25) is 0 Å². The van der Waals surface area contributed by atoms with Crippen LogP contribution in [-0.4, -0.2) is 38.7 Å². The number of halogens is 3. The predicted molar refractivity (Wildman–Crippen MR) is 52.5 cm³/mol. The fourth-order valence-corrected chi connectivity index (χ4v) is 1.74. The van der Waals surface area contributed by atoms with Crippen molar-refractivity contribution in [1.82, 2.24) is 5.32 Å². The third-order valence-electron chi connectivity index (χ3n) is 1.88. The fraction of sp³-hybridized carbons (Fsp3) is 1.00. The first-order valence-corrected chi connectivity index (χ1v) is 6.49. The maximum atomic E-state index is 11.9. The van der Waals surface area contributed by atoms with E-state index in [4.69, 9.17) is 0 Å². The minimum atomic E-state index is -4.21. The molecular formula is C8H16F3NO2S. The molecular weight excluding hydrogens is 231 g/mol. The van der Waals surface area contributed by atoms with E-state index in [1.54, 1.807) is 0 Å². The fourth-order valence-electron chi connectivity index (χ4n) is 1.02. The van der Waals surface area contributed by atoms with Gasteiger partial charge in [-0.25, -0.2) is 8.42 Å². The van der Waals surface area contributed by atoms with Crippen molar-refractivity contribution in [3.05, 3.63) is 0 Å². The van der Waals surface area contributed by atoms with Crippen molar-refractivity contribution in [2.24, 2.45) is 0 Å². The van der Waals surface area contributed by atoms with Crippen LogP contribution in [0.15, 0.2) is 0 Å². The zero-order valence-corrected chi connectivity index (χ0v) is 9.58. The van der Waals surface area contributed by atoms with Crippen LogP contribution in [0.2, 0.25) is 0 Å². The Kier molecular flexibility index (Phi) is 5.58. The standard InChI is InChI=1S/C8H16F3NO2S/c1-3-15(13,14)5-4-12-7(2)6-8(9,10)11/h7,12H,3-6H2,1-2H3. The summed E-state index contributed by atoms with van der Waals surface area (Å²) in [6.07, 6.45) is -5.16. The summed E-state index contributed by atoms with van der Waals surface area (Å²) in [6.45, 7) is 2.95. The van der Waals surface area contributed by atoms with Crippen molar-refractivity contribution < 1.29 is 21.6 Å². The second-order valence-electron chi connectivity index (χ2n) is 3.41. The summed E-state index contributed by atoms with van der Waals surface area (Å²) >= 11 is 0. The van der Waals surface area contributed by atoms with Gasteiger partial charge in [0.25, 0.3) is 0 Å². The Labute approximate surface area is 88.0 Å². The molecule has 0 aromatic carbocycles. The Morgan fingerprint density at radius 2 is 1.87 bits per heavy atom. The minimum absolute atomic E-state index is 0.0162. The van der Waals surface area contributed by atoms with E-state index in [1.165, 1.54) is 13.8 Å². The molecule has 0 saturated carbocycles. The summed E-state index contributed by atoms with van der Waals surface area (Å²) in [6, 6.07) is -0.753. The van der Waals surface area contributed by atoms with Gasteiger partial charge in [0.05, 0.1) is 12.2 Å². The molecule has 15 heavy (non-hydrogen) atoms. The molecule has 92 valence electrons. The molecule has 1 unspecified atom stereocenters. The number of nitrogens with one attached hydrogen (secondary N) is 1. The third kappa shape index (κ3) is 8.68. The van der Waals surface area contributed by atoms with Gasteiger partial charge in [0, 0.05) is 18.3 Å². The number of rotatable bonds is 6. The largest absolute Gasteiger partial charge is 0.390 e. The van der Waals surface area contributed by atoms with Gasteiger partial charge in [-0.2, -0.15) is 13.2 Å². The molecule has 0 saturated heterocycles. The summed E-state index contributed by atoms with van der Waals surface area (Å²) in [4.78, 5) is 0. The van der Waals surface area contributed by atoms with E-state index in [9.17, 15) is 21.6 Å². The normalized spacial score (nSPS) is 15.3. The van der Waals surface area contributed by atoms with Crippen LogP contribution in [0.25, 0.3) is 0 Å². The highest BCUT2D eigenvalue weighted by Gasteiger charge is 2.29. The van der Waals surface area contributed by atoms with Crippen molar-refractivity contribution in [3.8, 4) is 0 Å². The number of alkyl halides is 3. The Bertz CT molecular complexity index is 274. The molecule has 0 rings (SSSR count). The lowest BCUT2D eigenvalue weighted by atomic mass is 10.2. The van der Waals surface area contributed by atoms with Crippen molar-refractivity contribution in [2.75, 3.05) is 18.1 Å². The van der Waals surface area contributed by atoms with E-state index < -0.39 is 28.5 Å². The van der Waals surface area contributed by atoms with Crippen LogP contribution in [0.5, 0.6) is 0 Å². The molecule has 7 heteroatoms. The lowest BCUT2D eigenvalue weighted by molar-refractivity contribution is -0.138. The van der Waals surface area contributed by atoms with E-state index in [0.29, 0.717) is 0 Å². The third-order valence-corrected chi connectivity index (χ3v) is 3.59. The van der Waals surface area contributed by atoms with Gasteiger partial charge in [0.2, 0.25) is 0 Å². The van der Waals surface area contributed by atoms with Gasteiger partial charge in [-0.15, -0.1) is 0 Å². The summed E-state index contributed by atoms with van der Waals surface area (Å²) < 4.78 is 57.6. The highest BCUT2D eigenvalue weighted by molar-refractivity contribution is 7.91. The SMILES string of the molecule is CCS(=O)(=O)CCNC(C)CC(F)(F)F. The Morgan fingerprint density at radius 3 is 2.27 bits per heavy atom. The van der Waals surface area contributed by atoms with Crippen LogP contribution in [0.1, 0.15) is 20.3 Å². The van der Waals surface area contributed by atoms with E-state index in [2.05, 4.69) is 5.32 Å². The number of hydrogen-bond acceptors (Lipinski definition) is 3. The quantitative estimate of drug-likeness (QED) is 0.770. The Hall–Kier alpha value is -0.300. The molecule has 0 aromatic rings. The number of sulfone groups is 1. The van der Waals surface area contributed by atoms with Gasteiger partial charge in [-0.1, -0.05) is 6.92 Å². The van der Waals surface area contributed by atoms with E-state index >= 15 is 0 Å². The maximum Gasteiger partial charge on any atom is 0.390 e. The molecule has 0 fully saturated rings. The lowest BCUT2D eigenvalue weighted by Gasteiger charge is -2.15.